The zero-order valence-electron chi connectivity index (χ0n) is 6.09. The molecule has 2 nitrogen and oxygen atoms in total. The van der Waals surface area contributed by atoms with Crippen molar-refractivity contribution in [2.75, 3.05) is 6.61 Å². The second-order valence-corrected chi connectivity index (χ2v) is 2.34. The van der Waals surface area contributed by atoms with E-state index in [0.29, 0.717) is 6.10 Å². The summed E-state index contributed by atoms with van der Waals surface area (Å²) in [6, 6.07) is 0. The molecule has 0 bridgehead atoms. The minimum absolute atomic E-state index is 0.0787. The Bertz CT molecular complexity index is 77.1. The lowest BCUT2D eigenvalue weighted by Gasteiger charge is -2.03. The molecule has 1 fully saturated rings. The third-order valence-corrected chi connectivity index (χ3v) is 1.60. The molecule has 1 atom stereocenters. The Hall–Kier alpha value is -0.0151. The first-order valence-corrected chi connectivity index (χ1v) is 3.63. The van der Waals surface area contributed by atoms with Crippen LogP contribution >= 0.6 is 0 Å². The number of rotatable bonds is 2. The first-order valence-electron chi connectivity index (χ1n) is 3.63. The molecule has 0 N–H and O–H groups in total. The highest BCUT2D eigenvalue weighted by molar-refractivity contribution is 6.44. The van der Waals surface area contributed by atoms with Gasteiger partial charge in [0.2, 0.25) is 0 Å². The fourth-order valence-electron chi connectivity index (χ4n) is 0.936. The van der Waals surface area contributed by atoms with Gasteiger partial charge in [-0.2, -0.15) is 0 Å². The molecule has 1 aliphatic rings. The Morgan fingerprint density at radius 2 is 2.33 bits per heavy atom. The van der Waals surface area contributed by atoms with Gasteiger partial charge in [0.15, 0.2) is 0 Å². The molecule has 0 amide bonds. The minimum atomic E-state index is 0.0787. The van der Waals surface area contributed by atoms with E-state index in [-0.39, 0.29) is 7.12 Å². The van der Waals surface area contributed by atoms with Crippen molar-refractivity contribution in [3.05, 3.63) is 0 Å². The minimum Gasteiger partial charge on any atom is -0.408 e. The van der Waals surface area contributed by atoms with Crippen molar-refractivity contribution in [2.45, 2.75) is 32.7 Å². The van der Waals surface area contributed by atoms with Crippen LogP contribution < -0.4 is 0 Å². The van der Waals surface area contributed by atoms with Gasteiger partial charge in [-0.15, -0.1) is 0 Å². The van der Waals surface area contributed by atoms with Gasteiger partial charge in [0.25, 0.3) is 0 Å². The van der Waals surface area contributed by atoms with Gasteiger partial charge < -0.3 is 9.31 Å². The second-order valence-electron chi connectivity index (χ2n) is 2.34. The highest BCUT2D eigenvalue weighted by Crippen LogP contribution is 2.12. The van der Waals surface area contributed by atoms with E-state index in [4.69, 9.17) is 9.31 Å². The van der Waals surface area contributed by atoms with E-state index in [1.807, 2.05) is 0 Å². The van der Waals surface area contributed by atoms with Crippen molar-refractivity contribution in [2.24, 2.45) is 0 Å². The Kier molecular flexibility index (Phi) is 2.55. The van der Waals surface area contributed by atoms with Gasteiger partial charge in [-0.3, -0.25) is 0 Å². The molecule has 0 spiro atoms. The summed E-state index contributed by atoms with van der Waals surface area (Å²) in [4.78, 5) is 0. The highest BCUT2D eigenvalue weighted by atomic mass is 16.6. The topological polar surface area (TPSA) is 18.5 Å². The Labute approximate surface area is 56.7 Å². The van der Waals surface area contributed by atoms with Crippen molar-refractivity contribution >= 4 is 7.12 Å². The van der Waals surface area contributed by atoms with Crippen molar-refractivity contribution < 1.29 is 9.31 Å². The number of hydrogen-bond acceptors (Lipinski definition) is 2. The summed E-state index contributed by atoms with van der Waals surface area (Å²) < 4.78 is 10.7. The van der Waals surface area contributed by atoms with Crippen LogP contribution in [-0.2, 0) is 9.31 Å². The summed E-state index contributed by atoms with van der Waals surface area (Å²) in [5.74, 6) is 0. The zero-order valence-corrected chi connectivity index (χ0v) is 6.09. The van der Waals surface area contributed by atoms with Crippen LogP contribution in [-0.4, -0.2) is 19.8 Å². The van der Waals surface area contributed by atoms with E-state index in [9.17, 15) is 0 Å². The van der Waals surface area contributed by atoms with Gasteiger partial charge in [0.1, 0.15) is 0 Å². The SMILES string of the molecule is CCB1OC[C@@H](CC)O1. The van der Waals surface area contributed by atoms with E-state index in [1.54, 1.807) is 0 Å². The van der Waals surface area contributed by atoms with Gasteiger partial charge in [0.05, 0.1) is 12.7 Å². The molecular formula is C6H13BO2. The maximum absolute atomic E-state index is 5.44. The Morgan fingerprint density at radius 3 is 2.67 bits per heavy atom. The highest BCUT2D eigenvalue weighted by Gasteiger charge is 2.27. The smallest absolute Gasteiger partial charge is 0.408 e. The number of hydrogen-bond donors (Lipinski definition) is 0. The molecule has 0 aliphatic carbocycles. The fourth-order valence-corrected chi connectivity index (χ4v) is 0.936. The molecular weight excluding hydrogens is 115 g/mol. The van der Waals surface area contributed by atoms with E-state index < -0.39 is 0 Å². The molecule has 0 aromatic heterocycles. The summed E-state index contributed by atoms with van der Waals surface area (Å²) in [5, 5.41) is 0. The fraction of sp³-hybridized carbons (Fsp3) is 1.00. The Morgan fingerprint density at radius 1 is 1.56 bits per heavy atom. The van der Waals surface area contributed by atoms with E-state index in [1.165, 1.54) is 0 Å². The van der Waals surface area contributed by atoms with E-state index in [0.717, 1.165) is 19.3 Å². The predicted octanol–water partition coefficient (Wildman–Crippen LogP) is 1.32. The lowest BCUT2D eigenvalue weighted by atomic mass is 9.87. The van der Waals surface area contributed by atoms with Gasteiger partial charge in [-0.05, 0) is 12.7 Å². The second kappa shape index (κ2) is 3.23. The monoisotopic (exact) mass is 128 g/mol. The molecule has 0 aromatic rings. The largest absolute Gasteiger partial charge is 0.456 e. The summed E-state index contributed by atoms with van der Waals surface area (Å²) >= 11 is 0. The molecule has 1 saturated heterocycles. The van der Waals surface area contributed by atoms with Gasteiger partial charge in [0, 0.05) is 0 Å². The van der Waals surface area contributed by atoms with E-state index in [2.05, 4.69) is 13.8 Å². The summed E-state index contributed by atoms with van der Waals surface area (Å²) in [6.07, 6.45) is 2.39. The molecule has 0 unspecified atom stereocenters. The first kappa shape index (κ1) is 7.10. The van der Waals surface area contributed by atoms with Crippen molar-refractivity contribution in [1.82, 2.24) is 0 Å². The lowest BCUT2D eigenvalue weighted by Crippen LogP contribution is -2.14. The summed E-state index contributed by atoms with van der Waals surface area (Å²) in [6.45, 7) is 4.98. The van der Waals surface area contributed by atoms with Crippen LogP contribution in [0.1, 0.15) is 20.3 Å². The molecule has 0 aromatic carbocycles. The van der Waals surface area contributed by atoms with Crippen LogP contribution in [0.25, 0.3) is 0 Å². The first-order chi connectivity index (χ1) is 4.36. The predicted molar refractivity (Wildman–Crippen MR) is 37.4 cm³/mol. The van der Waals surface area contributed by atoms with Gasteiger partial charge in [-0.25, -0.2) is 0 Å². The summed E-state index contributed by atoms with van der Waals surface area (Å²) in [7, 11) is 0.0787. The third kappa shape index (κ3) is 1.70. The molecule has 1 rings (SSSR count). The van der Waals surface area contributed by atoms with Gasteiger partial charge in [-0.1, -0.05) is 13.8 Å². The maximum Gasteiger partial charge on any atom is 0.456 e. The molecule has 0 radical (unpaired) electrons. The molecule has 52 valence electrons. The van der Waals surface area contributed by atoms with Crippen LogP contribution in [0.4, 0.5) is 0 Å². The van der Waals surface area contributed by atoms with Crippen LogP contribution in [0.5, 0.6) is 0 Å². The average Bonchev–Trinajstić information content (AvgIpc) is 2.34. The molecule has 0 saturated carbocycles. The average molecular weight is 128 g/mol. The van der Waals surface area contributed by atoms with Crippen LogP contribution in [0.3, 0.4) is 0 Å². The quantitative estimate of drug-likeness (QED) is 0.522. The van der Waals surface area contributed by atoms with Crippen LogP contribution in [0, 0.1) is 0 Å². The normalized spacial score (nSPS) is 27.3. The molecule has 9 heavy (non-hydrogen) atoms. The van der Waals surface area contributed by atoms with Crippen molar-refractivity contribution in [3.8, 4) is 0 Å². The van der Waals surface area contributed by atoms with E-state index >= 15 is 0 Å². The zero-order chi connectivity index (χ0) is 6.69. The maximum atomic E-state index is 5.44. The molecule has 3 heteroatoms. The molecule has 1 aliphatic heterocycles. The standard InChI is InChI=1S/C6H13BO2/c1-3-6-5-8-7(4-2)9-6/h6H,3-5H2,1-2H3/t6-/m1/s1. The van der Waals surface area contributed by atoms with Gasteiger partial charge >= 0.3 is 7.12 Å². The van der Waals surface area contributed by atoms with Crippen molar-refractivity contribution in [3.63, 3.8) is 0 Å². The third-order valence-electron chi connectivity index (χ3n) is 1.60. The molecule has 1 heterocycles. The van der Waals surface area contributed by atoms with Crippen LogP contribution in [0.2, 0.25) is 6.32 Å². The van der Waals surface area contributed by atoms with Crippen molar-refractivity contribution in [1.29, 1.82) is 0 Å². The lowest BCUT2D eigenvalue weighted by molar-refractivity contribution is 0.229. The van der Waals surface area contributed by atoms with Crippen LogP contribution in [0.15, 0.2) is 0 Å². The Balaban J connectivity index is 2.20. The summed E-state index contributed by atoms with van der Waals surface area (Å²) in [5.41, 5.74) is 0.